The number of pyridine rings is 1. The largest absolute Gasteiger partial charge is 0.313 e. The Kier molecular flexibility index (Phi) is 4.91. The van der Waals surface area contributed by atoms with E-state index < -0.39 is 0 Å². The van der Waals surface area contributed by atoms with Gasteiger partial charge in [0.25, 0.3) is 0 Å². The van der Waals surface area contributed by atoms with Crippen LogP contribution >= 0.6 is 0 Å². The predicted molar refractivity (Wildman–Crippen MR) is 123 cm³/mol. The summed E-state index contributed by atoms with van der Waals surface area (Å²) in [5.41, 5.74) is 6.32. The quantitative estimate of drug-likeness (QED) is 0.245. The minimum atomic E-state index is -0.381. The van der Waals surface area contributed by atoms with Gasteiger partial charge in [0.1, 0.15) is 5.82 Å². The highest BCUT2D eigenvalue weighted by molar-refractivity contribution is 6.12. The third-order valence-corrected chi connectivity index (χ3v) is 5.39. The van der Waals surface area contributed by atoms with Crippen LogP contribution in [-0.4, -0.2) is 26.6 Å². The lowest BCUT2D eigenvalue weighted by molar-refractivity contribution is 0.103. The molecule has 5 aromatic rings. The molecule has 0 atom stereocenters. The summed E-state index contributed by atoms with van der Waals surface area (Å²) in [6, 6.07) is 19.0. The van der Waals surface area contributed by atoms with E-state index in [0.29, 0.717) is 17.1 Å². The SMILES string of the molecule is Cc1c(/C=N/Nc2nncc3ccccc23)c2ccccn2c1C(=O)c1ccc(F)cc1. The Morgan fingerprint density at radius 3 is 2.69 bits per heavy atom. The molecule has 7 heteroatoms. The number of nitrogens with one attached hydrogen (secondary N) is 1. The number of halogens is 1. The van der Waals surface area contributed by atoms with Gasteiger partial charge < -0.3 is 4.40 Å². The predicted octanol–water partition coefficient (Wildman–Crippen LogP) is 5.01. The zero-order valence-corrected chi connectivity index (χ0v) is 17.2. The molecule has 0 saturated heterocycles. The van der Waals surface area contributed by atoms with Gasteiger partial charge in [0, 0.05) is 28.1 Å². The lowest BCUT2D eigenvalue weighted by Gasteiger charge is -2.04. The van der Waals surface area contributed by atoms with Gasteiger partial charge in [-0.25, -0.2) is 4.39 Å². The molecule has 0 aliphatic carbocycles. The molecular formula is C25H18FN5O. The van der Waals surface area contributed by atoms with Gasteiger partial charge in [0.15, 0.2) is 5.82 Å². The fourth-order valence-electron chi connectivity index (χ4n) is 3.81. The number of carbonyl (C=O) groups is 1. The van der Waals surface area contributed by atoms with E-state index in [1.165, 1.54) is 24.3 Å². The molecule has 0 fully saturated rings. The average Bonchev–Trinajstić information content (AvgIpc) is 3.10. The topological polar surface area (TPSA) is 71.7 Å². The van der Waals surface area contributed by atoms with E-state index >= 15 is 0 Å². The number of nitrogens with zero attached hydrogens (tertiary/aromatic N) is 4. The van der Waals surface area contributed by atoms with Crippen molar-refractivity contribution in [1.82, 2.24) is 14.6 Å². The Bertz CT molecular complexity index is 1480. The molecule has 0 spiro atoms. The number of hydrogen-bond donors (Lipinski definition) is 1. The number of ketones is 1. The fourth-order valence-corrected chi connectivity index (χ4v) is 3.81. The Hall–Kier alpha value is -4.39. The van der Waals surface area contributed by atoms with E-state index in [4.69, 9.17) is 0 Å². The van der Waals surface area contributed by atoms with E-state index in [9.17, 15) is 9.18 Å². The Labute approximate surface area is 183 Å². The van der Waals surface area contributed by atoms with Gasteiger partial charge in [-0.3, -0.25) is 10.2 Å². The first kappa shape index (κ1) is 19.6. The minimum Gasteiger partial charge on any atom is -0.313 e. The summed E-state index contributed by atoms with van der Waals surface area (Å²) < 4.78 is 15.1. The number of hydrogen-bond acceptors (Lipinski definition) is 5. The van der Waals surface area contributed by atoms with E-state index in [1.807, 2.05) is 60.0 Å². The molecule has 32 heavy (non-hydrogen) atoms. The maximum absolute atomic E-state index is 13.3. The molecule has 6 nitrogen and oxygen atoms in total. The molecule has 0 bridgehead atoms. The summed E-state index contributed by atoms with van der Waals surface area (Å²) in [6.45, 7) is 1.88. The molecule has 5 rings (SSSR count). The summed E-state index contributed by atoms with van der Waals surface area (Å²) in [5.74, 6) is -0.0203. The summed E-state index contributed by atoms with van der Waals surface area (Å²) in [4.78, 5) is 13.2. The number of fused-ring (bicyclic) bond motifs is 2. The van der Waals surface area contributed by atoms with Crippen molar-refractivity contribution in [3.8, 4) is 0 Å². The van der Waals surface area contributed by atoms with Crippen LogP contribution in [0.5, 0.6) is 0 Å². The van der Waals surface area contributed by atoms with E-state index in [0.717, 1.165) is 27.4 Å². The number of anilines is 1. The van der Waals surface area contributed by atoms with Crippen molar-refractivity contribution in [1.29, 1.82) is 0 Å². The fraction of sp³-hybridized carbons (Fsp3) is 0.0400. The van der Waals surface area contributed by atoms with Crippen LogP contribution in [0, 0.1) is 12.7 Å². The highest BCUT2D eigenvalue weighted by Crippen LogP contribution is 2.25. The van der Waals surface area contributed by atoms with E-state index in [1.54, 1.807) is 12.4 Å². The van der Waals surface area contributed by atoms with Crippen LogP contribution in [-0.2, 0) is 0 Å². The normalized spacial score (nSPS) is 11.4. The monoisotopic (exact) mass is 423 g/mol. The van der Waals surface area contributed by atoms with Crippen LogP contribution in [0.15, 0.2) is 84.2 Å². The Morgan fingerprint density at radius 2 is 1.84 bits per heavy atom. The second kappa shape index (κ2) is 8.03. The number of rotatable bonds is 5. The Morgan fingerprint density at radius 1 is 1.06 bits per heavy atom. The van der Waals surface area contributed by atoms with Crippen LogP contribution in [0.1, 0.15) is 27.2 Å². The second-order valence-corrected chi connectivity index (χ2v) is 7.33. The smallest absolute Gasteiger partial charge is 0.210 e. The molecule has 0 amide bonds. The van der Waals surface area contributed by atoms with Gasteiger partial charge in [-0.05, 0) is 48.9 Å². The number of aromatic nitrogens is 3. The third-order valence-electron chi connectivity index (χ3n) is 5.39. The van der Waals surface area contributed by atoms with Crippen LogP contribution in [0.2, 0.25) is 0 Å². The van der Waals surface area contributed by atoms with Crippen molar-refractivity contribution in [2.24, 2.45) is 5.10 Å². The number of hydrazone groups is 1. The van der Waals surface area contributed by atoms with Gasteiger partial charge in [-0.15, -0.1) is 5.10 Å². The molecule has 0 aliphatic rings. The number of benzene rings is 2. The van der Waals surface area contributed by atoms with Gasteiger partial charge in [0.05, 0.1) is 23.6 Å². The maximum Gasteiger partial charge on any atom is 0.210 e. The van der Waals surface area contributed by atoms with Crippen molar-refractivity contribution in [3.63, 3.8) is 0 Å². The molecule has 156 valence electrons. The van der Waals surface area contributed by atoms with Gasteiger partial charge in [-0.2, -0.15) is 10.2 Å². The van der Waals surface area contributed by atoms with E-state index in [-0.39, 0.29) is 11.6 Å². The summed E-state index contributed by atoms with van der Waals surface area (Å²) in [7, 11) is 0. The third kappa shape index (κ3) is 3.39. The van der Waals surface area contributed by atoms with Crippen molar-refractivity contribution in [2.75, 3.05) is 5.43 Å². The molecule has 3 heterocycles. The summed E-state index contributed by atoms with van der Waals surface area (Å²) in [5, 5.41) is 14.4. The second-order valence-electron chi connectivity index (χ2n) is 7.33. The zero-order chi connectivity index (χ0) is 22.1. The molecule has 1 N–H and O–H groups in total. The van der Waals surface area contributed by atoms with Gasteiger partial charge in [-0.1, -0.05) is 30.3 Å². The van der Waals surface area contributed by atoms with Crippen LogP contribution in [0.3, 0.4) is 0 Å². The summed E-state index contributed by atoms with van der Waals surface area (Å²) in [6.07, 6.45) is 5.21. The van der Waals surface area contributed by atoms with Crippen molar-refractivity contribution < 1.29 is 9.18 Å². The molecule has 3 aromatic heterocycles. The lowest BCUT2D eigenvalue weighted by Crippen LogP contribution is -2.07. The van der Waals surface area contributed by atoms with Crippen LogP contribution in [0.4, 0.5) is 10.2 Å². The van der Waals surface area contributed by atoms with Crippen molar-refractivity contribution >= 4 is 34.1 Å². The Balaban J connectivity index is 1.54. The summed E-state index contributed by atoms with van der Waals surface area (Å²) >= 11 is 0. The minimum absolute atomic E-state index is 0.184. The lowest BCUT2D eigenvalue weighted by atomic mass is 10.0. The average molecular weight is 423 g/mol. The molecular weight excluding hydrogens is 405 g/mol. The first-order valence-electron chi connectivity index (χ1n) is 10.0. The van der Waals surface area contributed by atoms with E-state index in [2.05, 4.69) is 20.7 Å². The molecule has 0 unspecified atom stereocenters. The zero-order valence-electron chi connectivity index (χ0n) is 17.2. The standard InChI is InChI=1S/C25H18FN5O/c1-16-21(15-28-30-25-20-7-3-2-6-18(20)14-27-29-25)22-8-4-5-13-31(22)23(16)24(32)17-9-11-19(26)12-10-17/h2-15H,1H3,(H,29,30)/b28-15+. The molecule has 0 aliphatic heterocycles. The van der Waals surface area contributed by atoms with Gasteiger partial charge >= 0.3 is 0 Å². The van der Waals surface area contributed by atoms with Crippen molar-refractivity contribution in [2.45, 2.75) is 6.92 Å². The molecule has 2 aromatic carbocycles. The highest BCUT2D eigenvalue weighted by Gasteiger charge is 2.20. The van der Waals surface area contributed by atoms with Crippen LogP contribution < -0.4 is 5.43 Å². The first-order chi connectivity index (χ1) is 15.6. The van der Waals surface area contributed by atoms with Gasteiger partial charge in [0.2, 0.25) is 5.78 Å². The molecule has 0 saturated carbocycles. The number of carbonyl (C=O) groups excluding carboxylic acids is 1. The maximum atomic E-state index is 13.3. The first-order valence-corrected chi connectivity index (χ1v) is 10.0. The van der Waals surface area contributed by atoms with Crippen molar-refractivity contribution in [3.05, 3.63) is 107 Å². The molecule has 0 radical (unpaired) electrons. The van der Waals surface area contributed by atoms with Crippen LogP contribution in [0.25, 0.3) is 16.3 Å². The highest BCUT2D eigenvalue weighted by atomic mass is 19.1.